The lowest BCUT2D eigenvalue weighted by Crippen LogP contribution is -2.16. The molecule has 0 atom stereocenters. The van der Waals surface area contributed by atoms with Crippen LogP contribution >= 0.6 is 0 Å². The van der Waals surface area contributed by atoms with Gasteiger partial charge in [0.15, 0.2) is 11.6 Å². The van der Waals surface area contributed by atoms with Crippen LogP contribution in [0.3, 0.4) is 0 Å². The molecule has 0 radical (unpaired) electrons. The Morgan fingerprint density at radius 3 is 1.09 bits per heavy atom. The Hall–Kier alpha value is -12.1. The van der Waals surface area contributed by atoms with Crippen LogP contribution in [-0.4, -0.2) is 28.2 Å². The van der Waals surface area contributed by atoms with E-state index in [1.165, 1.54) is 0 Å². The summed E-state index contributed by atoms with van der Waals surface area (Å²) in [7, 11) is 0. The van der Waals surface area contributed by atoms with Crippen LogP contribution < -0.4 is 0 Å². The molecule has 0 aliphatic rings. The molecule has 17 aromatic rings. The fourth-order valence-electron chi connectivity index (χ4n) is 14.0. The molecule has 410 valence electrons. The Kier molecular flexibility index (Phi) is 11.3. The molecule has 8 nitrogen and oxygen atoms in total. The summed E-state index contributed by atoms with van der Waals surface area (Å²) in [5.41, 5.74) is 20.6. The second kappa shape index (κ2) is 19.8. The third-order valence-corrected chi connectivity index (χ3v) is 17.9. The molecule has 0 aliphatic carbocycles. The number of para-hydroxylation sites is 4. The SMILES string of the molecule is Cc1ccc(-c2ccccc2-c2c(-n3c4ccccc4c4cc(C#N)ccc43)c(-n3c4ccccc4c4cc(-c5ccccc5)ccc43)nc(-n3c4ccccc4c4cc(C#N)ccc43)c2-n2c3ccccc3c3cc(-c4ccccc4)ccc32)c(C)n1. The number of nitriles is 2. The third-order valence-electron chi connectivity index (χ3n) is 17.9. The molecular formula is C80H50N8. The normalized spacial score (nSPS) is 11.7. The largest absolute Gasteiger partial charge is 0.305 e. The zero-order chi connectivity index (χ0) is 58.7. The minimum absolute atomic E-state index is 0.569. The highest BCUT2D eigenvalue weighted by molar-refractivity contribution is 6.17. The smallest absolute Gasteiger partial charge is 0.165 e. The van der Waals surface area contributed by atoms with E-state index >= 15 is 0 Å². The molecule has 17 rings (SSSR count). The first-order valence-corrected chi connectivity index (χ1v) is 29.6. The Morgan fingerprint density at radius 2 is 0.648 bits per heavy atom. The zero-order valence-electron chi connectivity index (χ0n) is 48.0. The minimum atomic E-state index is 0.569. The van der Waals surface area contributed by atoms with E-state index in [1.54, 1.807) is 0 Å². The van der Waals surface area contributed by atoms with Crippen LogP contribution in [0.2, 0.25) is 0 Å². The van der Waals surface area contributed by atoms with Gasteiger partial charge in [0.25, 0.3) is 0 Å². The molecule has 0 aliphatic heterocycles. The molecule has 6 heterocycles. The van der Waals surface area contributed by atoms with Crippen LogP contribution in [0.25, 0.3) is 155 Å². The standard InChI is InChI=1S/C80H50N8/c1-49-33-38-57(50(2)83-49)58-23-9-10-28-63(58)76-77(85-68-29-15-11-24-59(68)64-43-51(47-81)34-39-72(64)85)80(88-71-32-18-14-27-62(71)67-46-56(37-42-75(67)88)54-21-7-4-8-22-54)84-79(87-70-31-17-13-25-60(70)65-44-52(48-82)35-40-74(65)87)78(76)86-69-30-16-12-26-61(69)66-45-55(36-41-73(66)86)53-19-5-3-6-20-53/h3-46H,1-2H3. The number of hydrogen-bond donors (Lipinski definition) is 0. The van der Waals surface area contributed by atoms with Gasteiger partial charge >= 0.3 is 0 Å². The fraction of sp³-hybridized carbons (Fsp3) is 0.0250. The third kappa shape index (κ3) is 7.56. The number of rotatable bonds is 8. The number of fused-ring (bicyclic) bond motifs is 12. The first kappa shape index (κ1) is 50.4. The van der Waals surface area contributed by atoms with Crippen molar-refractivity contribution in [3.05, 3.63) is 289 Å². The van der Waals surface area contributed by atoms with Crippen molar-refractivity contribution in [1.82, 2.24) is 28.2 Å². The average Bonchev–Trinajstić information content (AvgIpc) is 1.48. The number of benzene rings is 11. The van der Waals surface area contributed by atoms with Gasteiger partial charge in [-0.2, -0.15) is 10.5 Å². The highest BCUT2D eigenvalue weighted by atomic mass is 15.2. The Labute approximate surface area is 506 Å². The summed E-state index contributed by atoms with van der Waals surface area (Å²) in [4.78, 5) is 11.7. The van der Waals surface area contributed by atoms with Crippen LogP contribution in [0.5, 0.6) is 0 Å². The highest BCUT2D eigenvalue weighted by Gasteiger charge is 2.34. The number of nitrogens with zero attached hydrogens (tertiary/aromatic N) is 8. The highest BCUT2D eigenvalue weighted by Crippen LogP contribution is 2.51. The van der Waals surface area contributed by atoms with E-state index in [0.717, 1.165) is 154 Å². The van der Waals surface area contributed by atoms with Crippen LogP contribution in [0.4, 0.5) is 0 Å². The molecule has 8 heteroatoms. The summed E-state index contributed by atoms with van der Waals surface area (Å²) in [5.74, 6) is 1.35. The summed E-state index contributed by atoms with van der Waals surface area (Å²) in [5, 5.41) is 29.4. The van der Waals surface area contributed by atoms with Crippen molar-refractivity contribution in [3.8, 4) is 79.7 Å². The molecular weight excluding hydrogens is 1070 g/mol. The van der Waals surface area contributed by atoms with Crippen molar-refractivity contribution in [2.45, 2.75) is 13.8 Å². The molecule has 0 saturated heterocycles. The van der Waals surface area contributed by atoms with Crippen molar-refractivity contribution in [2.24, 2.45) is 0 Å². The van der Waals surface area contributed by atoms with E-state index in [4.69, 9.17) is 9.97 Å². The topological polar surface area (TPSA) is 93.1 Å². The van der Waals surface area contributed by atoms with Crippen molar-refractivity contribution >= 4 is 87.2 Å². The van der Waals surface area contributed by atoms with E-state index in [1.807, 2.05) is 31.2 Å². The molecule has 88 heavy (non-hydrogen) atoms. The quantitative estimate of drug-likeness (QED) is 0.151. The predicted molar refractivity (Wildman–Crippen MR) is 360 cm³/mol. The molecule has 0 saturated carbocycles. The molecule has 11 aromatic carbocycles. The maximum absolute atomic E-state index is 10.6. The van der Waals surface area contributed by atoms with E-state index in [2.05, 4.69) is 280 Å². The van der Waals surface area contributed by atoms with Gasteiger partial charge in [-0.25, -0.2) is 4.98 Å². The Bertz CT molecular complexity index is 5860. The van der Waals surface area contributed by atoms with Gasteiger partial charge in [-0.1, -0.05) is 176 Å². The van der Waals surface area contributed by atoms with Crippen molar-refractivity contribution in [2.75, 3.05) is 0 Å². The summed E-state index contributed by atoms with van der Waals surface area (Å²) < 4.78 is 9.60. The van der Waals surface area contributed by atoms with Gasteiger partial charge in [-0.05, 0) is 138 Å². The van der Waals surface area contributed by atoms with Crippen LogP contribution in [0, 0.1) is 36.5 Å². The lowest BCUT2D eigenvalue weighted by atomic mass is 9.91. The van der Waals surface area contributed by atoms with Gasteiger partial charge in [-0.15, -0.1) is 0 Å². The Balaban J connectivity index is 1.18. The second-order valence-electron chi connectivity index (χ2n) is 22.8. The lowest BCUT2D eigenvalue weighted by molar-refractivity contribution is 0.961. The first-order chi connectivity index (χ1) is 43.4. The molecule has 0 N–H and O–H groups in total. The molecule has 0 unspecified atom stereocenters. The summed E-state index contributed by atoms with van der Waals surface area (Å²) in [6.07, 6.45) is 0. The average molecular weight is 1120 g/mol. The molecule has 6 aromatic heterocycles. The van der Waals surface area contributed by atoms with E-state index in [9.17, 15) is 10.5 Å². The summed E-state index contributed by atoms with van der Waals surface area (Å²) in [6.45, 7) is 4.16. The van der Waals surface area contributed by atoms with Gasteiger partial charge in [0, 0.05) is 65.6 Å². The zero-order valence-corrected chi connectivity index (χ0v) is 48.0. The van der Waals surface area contributed by atoms with Crippen LogP contribution in [-0.2, 0) is 0 Å². The first-order valence-electron chi connectivity index (χ1n) is 29.6. The second-order valence-corrected chi connectivity index (χ2v) is 22.8. The van der Waals surface area contributed by atoms with Crippen molar-refractivity contribution < 1.29 is 0 Å². The van der Waals surface area contributed by atoms with Crippen molar-refractivity contribution in [3.63, 3.8) is 0 Å². The van der Waals surface area contributed by atoms with Gasteiger partial charge in [0.1, 0.15) is 11.4 Å². The van der Waals surface area contributed by atoms with E-state index < -0.39 is 0 Å². The number of pyridine rings is 2. The number of hydrogen-bond acceptors (Lipinski definition) is 4. The van der Waals surface area contributed by atoms with Gasteiger partial charge in [0.2, 0.25) is 0 Å². The predicted octanol–water partition coefficient (Wildman–Crippen LogP) is 19.9. The van der Waals surface area contributed by atoms with Crippen LogP contribution in [0.15, 0.2) is 267 Å². The molecule has 0 fully saturated rings. The van der Waals surface area contributed by atoms with Crippen LogP contribution in [0.1, 0.15) is 22.5 Å². The van der Waals surface area contributed by atoms with E-state index in [-0.39, 0.29) is 0 Å². The van der Waals surface area contributed by atoms with Gasteiger partial charge in [-0.3, -0.25) is 14.1 Å². The van der Waals surface area contributed by atoms with E-state index in [0.29, 0.717) is 22.8 Å². The van der Waals surface area contributed by atoms with Gasteiger partial charge < -0.3 is 9.13 Å². The fourth-order valence-corrected chi connectivity index (χ4v) is 14.0. The van der Waals surface area contributed by atoms with Gasteiger partial charge in [0.05, 0.1) is 67.4 Å². The molecule has 0 bridgehead atoms. The number of aryl methyl sites for hydroxylation is 2. The molecule has 0 amide bonds. The maximum Gasteiger partial charge on any atom is 0.165 e. The van der Waals surface area contributed by atoms with Crippen molar-refractivity contribution in [1.29, 1.82) is 10.5 Å². The summed E-state index contributed by atoms with van der Waals surface area (Å²) in [6, 6.07) is 99.6. The maximum atomic E-state index is 10.6. The molecule has 0 spiro atoms. The monoisotopic (exact) mass is 1120 g/mol. The Morgan fingerprint density at radius 1 is 0.284 bits per heavy atom. The minimum Gasteiger partial charge on any atom is -0.305 e. The summed E-state index contributed by atoms with van der Waals surface area (Å²) >= 11 is 0. The number of aromatic nitrogens is 6. The lowest BCUT2D eigenvalue weighted by Gasteiger charge is -2.28.